The standard InChI is InChI=1S/C46H61N5O8/c1-6-43(56)24-27-25-50(26-43)19-14-29-28-12-8-9-13-32(28)48-37(29)36(38(53)59-5)35(27)30-22-31-33(23-34(30)58-4)49(3)40-45(31)16-20-51-18-10-15-44(7-2,39(45)51)41(54)46(40,57)42(55)47-17-11-21-52/h8-10,12-13,15,22-23,27,35-36,39-41,48,52,54,56-57H,6-7,11,14,16-21,24-26H2,1-5H3,(H,47,55)/t27?,35?,36?,39?,40?,41-,43?,44-,45?,46+/m1/s1. The van der Waals surface area contributed by atoms with Crippen molar-refractivity contribution in [3.63, 3.8) is 0 Å². The number of para-hydroxylation sites is 1. The number of esters is 1. The van der Waals surface area contributed by atoms with Crippen molar-refractivity contribution in [2.75, 3.05) is 72.0 Å². The Morgan fingerprint density at radius 2 is 1.86 bits per heavy atom. The Hall–Kier alpha value is -3.98. The van der Waals surface area contributed by atoms with Gasteiger partial charge in [0, 0.05) is 97.5 Å². The smallest absolute Gasteiger partial charge is 0.315 e. The SMILES string of the molecule is CCC1(O)CC2CN(CCc3c([nH]c4ccccc34)C(C(=O)OC)C2c2cc3c(cc2OC)N(C)C2C34CCN3CC=C[C@](CC)(C34)[C@@H](O)[C@]2(O)C(=O)NCCCO)C1. The van der Waals surface area contributed by atoms with Crippen LogP contribution in [0.15, 0.2) is 48.6 Å². The number of carbonyl (C=O) groups is 2. The molecule has 13 nitrogen and oxygen atoms in total. The van der Waals surface area contributed by atoms with Gasteiger partial charge in [-0.25, -0.2) is 0 Å². The molecule has 318 valence electrons. The van der Waals surface area contributed by atoms with Crippen LogP contribution < -0.4 is 15.0 Å². The molecule has 8 unspecified atom stereocenters. The fourth-order valence-corrected chi connectivity index (χ4v) is 13.4. The van der Waals surface area contributed by atoms with Crippen molar-refractivity contribution >= 4 is 28.5 Å². The first-order valence-electron chi connectivity index (χ1n) is 21.7. The fourth-order valence-electron chi connectivity index (χ4n) is 13.4. The number of amides is 1. The number of methoxy groups -OCH3 is 2. The quantitative estimate of drug-likeness (QED) is 0.107. The van der Waals surface area contributed by atoms with Crippen molar-refractivity contribution in [3.8, 4) is 5.75 Å². The number of ether oxygens (including phenoxy) is 2. The van der Waals surface area contributed by atoms with E-state index in [1.54, 1.807) is 7.11 Å². The highest BCUT2D eigenvalue weighted by Crippen LogP contribution is 2.67. The summed E-state index contributed by atoms with van der Waals surface area (Å²) >= 11 is 0. The summed E-state index contributed by atoms with van der Waals surface area (Å²) in [6.45, 7) is 7.37. The molecule has 9 rings (SSSR count). The number of likely N-dealkylation sites (N-methyl/N-ethyl adjacent to an activating group) is 1. The first kappa shape index (κ1) is 40.4. The van der Waals surface area contributed by atoms with Crippen LogP contribution in [0, 0.1) is 11.3 Å². The summed E-state index contributed by atoms with van der Waals surface area (Å²) in [5.41, 5.74) is 0.384. The Labute approximate surface area is 346 Å². The molecule has 1 saturated carbocycles. The average molecular weight is 812 g/mol. The molecular weight excluding hydrogens is 751 g/mol. The highest BCUT2D eigenvalue weighted by molar-refractivity contribution is 5.91. The van der Waals surface area contributed by atoms with Crippen LogP contribution in [0.2, 0.25) is 0 Å². The van der Waals surface area contributed by atoms with Gasteiger partial charge in [-0.05, 0) is 79.8 Å². The normalized spacial score (nSPS) is 37.1. The molecule has 1 amide bonds. The maximum Gasteiger partial charge on any atom is 0.315 e. The molecule has 11 atom stereocenters. The fraction of sp³-hybridized carbons (Fsp3) is 0.609. The topological polar surface area (TPSA) is 171 Å². The van der Waals surface area contributed by atoms with E-state index < -0.39 is 51.9 Å². The van der Waals surface area contributed by atoms with Crippen LogP contribution in [-0.4, -0.2) is 144 Å². The minimum atomic E-state index is -2.24. The molecule has 2 saturated heterocycles. The van der Waals surface area contributed by atoms with Gasteiger partial charge >= 0.3 is 5.97 Å². The number of aliphatic hydroxyl groups is 4. The zero-order valence-corrected chi connectivity index (χ0v) is 35.0. The average Bonchev–Trinajstić information content (AvgIpc) is 3.90. The number of carbonyl (C=O) groups excluding carboxylic acids is 2. The number of rotatable bonds is 9. The van der Waals surface area contributed by atoms with Gasteiger partial charge in [0.15, 0.2) is 5.60 Å². The van der Waals surface area contributed by atoms with Crippen molar-refractivity contribution < 1.29 is 39.5 Å². The number of H-pyrrole nitrogens is 1. The van der Waals surface area contributed by atoms with E-state index in [1.165, 1.54) is 7.11 Å². The van der Waals surface area contributed by atoms with Gasteiger partial charge in [0.2, 0.25) is 0 Å². The molecule has 3 aromatic rings. The number of hydrogen-bond donors (Lipinski definition) is 6. The zero-order valence-electron chi connectivity index (χ0n) is 35.0. The summed E-state index contributed by atoms with van der Waals surface area (Å²) < 4.78 is 12.1. The first-order chi connectivity index (χ1) is 28.4. The van der Waals surface area contributed by atoms with Crippen LogP contribution in [-0.2, 0) is 26.2 Å². The molecule has 0 radical (unpaired) electrons. The molecule has 3 fully saturated rings. The van der Waals surface area contributed by atoms with Crippen LogP contribution in [0.1, 0.15) is 80.2 Å². The van der Waals surface area contributed by atoms with Crippen LogP contribution in [0.3, 0.4) is 0 Å². The summed E-state index contributed by atoms with van der Waals surface area (Å²) in [6, 6.07) is 11.2. The summed E-state index contributed by atoms with van der Waals surface area (Å²) in [4.78, 5) is 39.7. The number of aromatic nitrogens is 1. The summed E-state index contributed by atoms with van der Waals surface area (Å²) in [5, 5.41) is 51.6. The number of nitrogens with zero attached hydrogens (tertiary/aromatic N) is 3. The zero-order chi connectivity index (χ0) is 41.6. The highest BCUT2D eigenvalue weighted by atomic mass is 16.5. The second-order valence-corrected chi connectivity index (χ2v) is 18.4. The molecule has 2 aromatic carbocycles. The third-order valence-electron chi connectivity index (χ3n) is 15.8. The predicted octanol–water partition coefficient (Wildman–Crippen LogP) is 2.94. The predicted molar refractivity (Wildman–Crippen MR) is 224 cm³/mol. The van der Waals surface area contributed by atoms with Crippen molar-refractivity contribution in [1.29, 1.82) is 0 Å². The number of hydrogen-bond acceptors (Lipinski definition) is 11. The summed E-state index contributed by atoms with van der Waals surface area (Å²) in [6.07, 6.45) is 5.81. The largest absolute Gasteiger partial charge is 0.496 e. The minimum absolute atomic E-state index is 0.122. The van der Waals surface area contributed by atoms with Gasteiger partial charge in [0.1, 0.15) is 17.8 Å². The van der Waals surface area contributed by atoms with E-state index in [9.17, 15) is 30.0 Å². The second kappa shape index (κ2) is 14.6. The minimum Gasteiger partial charge on any atom is -0.496 e. The summed E-state index contributed by atoms with van der Waals surface area (Å²) in [5.74, 6) is -1.95. The van der Waals surface area contributed by atoms with E-state index in [-0.39, 0.29) is 31.1 Å². The third kappa shape index (κ3) is 5.57. The number of benzene rings is 2. The van der Waals surface area contributed by atoms with Crippen molar-refractivity contribution in [2.45, 2.75) is 99.0 Å². The lowest BCUT2D eigenvalue weighted by Crippen LogP contribution is -2.81. The van der Waals surface area contributed by atoms with Gasteiger partial charge < -0.3 is 45.1 Å². The molecule has 6 heterocycles. The number of piperidine rings is 1. The number of nitrogens with one attached hydrogen (secondary N) is 2. The van der Waals surface area contributed by atoms with Gasteiger partial charge in [0.25, 0.3) is 5.91 Å². The van der Waals surface area contributed by atoms with Crippen LogP contribution in [0.25, 0.3) is 10.9 Å². The maximum absolute atomic E-state index is 14.7. The van der Waals surface area contributed by atoms with E-state index in [1.807, 2.05) is 56.1 Å². The molecule has 59 heavy (non-hydrogen) atoms. The molecule has 2 bridgehead atoms. The number of fused-ring (bicyclic) bond motifs is 6. The van der Waals surface area contributed by atoms with E-state index in [0.29, 0.717) is 70.5 Å². The van der Waals surface area contributed by atoms with Crippen LogP contribution in [0.5, 0.6) is 5.75 Å². The third-order valence-corrected chi connectivity index (χ3v) is 15.8. The molecular formula is C46H61N5O8. The van der Waals surface area contributed by atoms with E-state index in [2.05, 4.69) is 38.3 Å². The number of anilines is 1. The van der Waals surface area contributed by atoms with E-state index in [4.69, 9.17) is 9.47 Å². The Morgan fingerprint density at radius 1 is 1.07 bits per heavy atom. The molecule has 1 aromatic heterocycles. The van der Waals surface area contributed by atoms with Gasteiger partial charge in [-0.2, -0.15) is 0 Å². The van der Waals surface area contributed by atoms with Crippen molar-refractivity contribution in [2.24, 2.45) is 11.3 Å². The second-order valence-electron chi connectivity index (χ2n) is 18.4. The van der Waals surface area contributed by atoms with E-state index >= 15 is 0 Å². The van der Waals surface area contributed by atoms with Gasteiger partial charge in [-0.15, -0.1) is 0 Å². The van der Waals surface area contributed by atoms with Gasteiger partial charge in [0.05, 0.1) is 25.9 Å². The van der Waals surface area contributed by atoms with Crippen LogP contribution in [0.4, 0.5) is 5.69 Å². The van der Waals surface area contributed by atoms with Crippen molar-refractivity contribution in [3.05, 3.63) is 70.9 Å². The van der Waals surface area contributed by atoms with Gasteiger partial charge in [-0.3, -0.25) is 19.4 Å². The lowest BCUT2D eigenvalue weighted by atomic mass is 9.47. The number of aliphatic hydroxyl groups excluding tert-OH is 2. The Bertz CT molecular complexity index is 2170. The lowest BCUT2D eigenvalue weighted by Gasteiger charge is -2.63. The highest BCUT2D eigenvalue weighted by Gasteiger charge is 2.78. The lowest BCUT2D eigenvalue weighted by molar-refractivity contribution is -0.203. The molecule has 6 aliphatic rings. The molecule has 6 N–H and O–H groups in total. The maximum atomic E-state index is 14.7. The Kier molecular flexibility index (Phi) is 10.00. The van der Waals surface area contributed by atoms with Crippen molar-refractivity contribution in [1.82, 2.24) is 20.1 Å². The number of aromatic amines is 1. The monoisotopic (exact) mass is 811 g/mol. The van der Waals surface area contributed by atoms with E-state index in [0.717, 1.165) is 45.5 Å². The molecule has 1 aliphatic carbocycles. The first-order valence-corrected chi connectivity index (χ1v) is 21.7. The molecule has 5 aliphatic heterocycles. The Morgan fingerprint density at radius 3 is 2.59 bits per heavy atom. The van der Waals surface area contributed by atoms with Gasteiger partial charge in [-0.1, -0.05) is 44.2 Å². The Balaban J connectivity index is 1.31. The molecule has 1 spiro atoms. The molecule has 13 heteroatoms. The van der Waals surface area contributed by atoms with Crippen LogP contribution >= 0.6 is 0 Å². The summed E-state index contributed by atoms with van der Waals surface area (Å²) in [7, 11) is 4.97.